The van der Waals surface area contributed by atoms with E-state index in [9.17, 15) is 0 Å². The van der Waals surface area contributed by atoms with E-state index < -0.39 is 0 Å². The average Bonchev–Trinajstić information content (AvgIpc) is 1.94. The van der Waals surface area contributed by atoms with Crippen LogP contribution >= 0.6 is 23.7 Å². The summed E-state index contributed by atoms with van der Waals surface area (Å²) in [6.07, 6.45) is 0. The third-order valence-electron chi connectivity index (χ3n) is 0.900. The fourth-order valence-corrected chi connectivity index (χ4v) is 0.962. The lowest BCUT2D eigenvalue weighted by molar-refractivity contribution is 0.303. The molecular weight excluding hydrogens is 188 g/mol. The van der Waals surface area contributed by atoms with Crippen molar-refractivity contribution in [1.82, 2.24) is 10.2 Å². The van der Waals surface area contributed by atoms with Crippen molar-refractivity contribution in [3.05, 3.63) is 10.4 Å². The van der Waals surface area contributed by atoms with Gasteiger partial charge in [-0.05, 0) is 6.92 Å². The van der Waals surface area contributed by atoms with Crippen LogP contribution in [0.25, 0.3) is 0 Å². The summed E-state index contributed by atoms with van der Waals surface area (Å²) in [5.41, 5.74) is 5.85. The van der Waals surface area contributed by atoms with Crippen molar-refractivity contribution in [2.45, 2.75) is 6.92 Å². The Balaban J connectivity index is 0.000001000. The first-order valence-corrected chi connectivity index (χ1v) is 3.33. The van der Waals surface area contributed by atoms with Crippen LogP contribution in [0, 0.1) is 6.92 Å². The van der Waals surface area contributed by atoms with E-state index >= 15 is 0 Å². The van der Waals surface area contributed by atoms with E-state index in [-0.39, 0.29) is 12.4 Å². The summed E-state index contributed by atoms with van der Waals surface area (Å²) in [7, 11) is 0. The van der Waals surface area contributed by atoms with E-state index in [2.05, 4.69) is 15.4 Å². The van der Waals surface area contributed by atoms with Crippen molar-refractivity contribution >= 4 is 28.9 Å². The van der Waals surface area contributed by atoms with Crippen molar-refractivity contribution in [2.24, 2.45) is 5.16 Å². The van der Waals surface area contributed by atoms with Crippen LogP contribution in [0.5, 0.6) is 0 Å². The van der Waals surface area contributed by atoms with Gasteiger partial charge >= 0.3 is 0 Å². The van der Waals surface area contributed by atoms with Gasteiger partial charge in [0.05, 0.1) is 5.69 Å². The fraction of sp³-hybridized carbons (Fsp3) is 0.250. The third-order valence-corrected chi connectivity index (χ3v) is 1.76. The first-order chi connectivity index (χ1) is 4.74. The highest BCUT2D eigenvalue weighted by Gasteiger charge is 1.94. The maximum atomic E-state index is 8.35. The molecule has 0 unspecified atom stereocenters. The molecule has 0 saturated carbocycles. The van der Waals surface area contributed by atoms with E-state index in [1.807, 2.05) is 0 Å². The Morgan fingerprint density at radius 2 is 2.18 bits per heavy atom. The highest BCUT2D eigenvalue weighted by atomic mass is 35.5. The van der Waals surface area contributed by atoms with Crippen LogP contribution < -0.4 is 10.4 Å². The molecule has 1 heterocycles. The monoisotopic (exact) mass is 194 g/mol. The predicted octanol–water partition coefficient (Wildman–Crippen LogP) is 0.140. The summed E-state index contributed by atoms with van der Waals surface area (Å²) >= 11 is 1.09. The molecule has 1 aromatic heterocycles. The molecule has 0 amide bonds. The molecule has 0 aliphatic heterocycles. The zero-order chi connectivity index (χ0) is 7.56. The molecule has 0 aliphatic carbocycles. The number of nitrogens with zero attached hydrogens (tertiary/aromatic N) is 3. The Kier molecular flexibility index (Phi) is 3.77. The van der Waals surface area contributed by atoms with Crippen LogP contribution in [0.4, 0.5) is 5.13 Å². The number of nitrogens with two attached hydrogens (primary N) is 1. The highest BCUT2D eigenvalue weighted by Crippen LogP contribution is 1.96. The molecule has 1 aromatic rings. The van der Waals surface area contributed by atoms with Crippen LogP contribution in [0.15, 0.2) is 5.16 Å². The van der Waals surface area contributed by atoms with Crippen molar-refractivity contribution in [3.8, 4) is 0 Å². The van der Waals surface area contributed by atoms with E-state index in [4.69, 9.17) is 10.9 Å². The number of aryl methyl sites for hydroxylation is 1. The van der Waals surface area contributed by atoms with Crippen LogP contribution in [-0.4, -0.2) is 15.4 Å². The summed E-state index contributed by atoms with van der Waals surface area (Å²) in [4.78, 5) is 0. The molecule has 0 aliphatic rings. The summed E-state index contributed by atoms with van der Waals surface area (Å²) in [6, 6.07) is 0. The van der Waals surface area contributed by atoms with Gasteiger partial charge in [0.15, 0.2) is 4.67 Å². The number of rotatable bonds is 0. The minimum atomic E-state index is 0. The molecule has 5 nitrogen and oxygen atoms in total. The van der Waals surface area contributed by atoms with Gasteiger partial charge in [-0.1, -0.05) is 16.5 Å². The van der Waals surface area contributed by atoms with Gasteiger partial charge in [-0.2, -0.15) is 0 Å². The SMILES string of the molecule is Cc1nnc(N)s/c1=N/O.Cl. The largest absolute Gasteiger partial charge is 0.410 e. The Morgan fingerprint density at radius 1 is 1.55 bits per heavy atom. The topological polar surface area (TPSA) is 84.4 Å². The standard InChI is InChI=1S/C4H6N4OS.ClH/c1-2-3(8-9)10-4(5)7-6-2;/h9H,1H3,(H2,5,7);1H/b8-3+;. The van der Waals surface area contributed by atoms with E-state index in [0.29, 0.717) is 15.5 Å². The lowest BCUT2D eigenvalue weighted by Crippen LogP contribution is -2.08. The van der Waals surface area contributed by atoms with Gasteiger partial charge in [0.1, 0.15) is 0 Å². The van der Waals surface area contributed by atoms with Crippen LogP contribution in [0.3, 0.4) is 0 Å². The van der Waals surface area contributed by atoms with Crippen LogP contribution in [0.1, 0.15) is 5.69 Å². The normalized spacial score (nSPS) is 10.8. The maximum absolute atomic E-state index is 8.35. The molecule has 3 N–H and O–H groups in total. The zero-order valence-corrected chi connectivity index (χ0v) is 7.32. The predicted molar refractivity (Wildman–Crippen MR) is 43.7 cm³/mol. The summed E-state index contributed by atoms with van der Waals surface area (Å²) in [5, 5.41) is 18.8. The fourth-order valence-electron chi connectivity index (χ4n) is 0.453. The second-order valence-electron chi connectivity index (χ2n) is 1.63. The van der Waals surface area contributed by atoms with Crippen molar-refractivity contribution in [2.75, 3.05) is 5.73 Å². The second kappa shape index (κ2) is 4.09. The van der Waals surface area contributed by atoms with Gasteiger partial charge in [-0.15, -0.1) is 22.6 Å². The third kappa shape index (κ3) is 2.32. The van der Waals surface area contributed by atoms with Crippen molar-refractivity contribution in [3.63, 3.8) is 0 Å². The lowest BCUT2D eigenvalue weighted by Gasteiger charge is -1.89. The minimum Gasteiger partial charge on any atom is -0.410 e. The molecule has 7 heteroatoms. The molecule has 0 fully saturated rings. The van der Waals surface area contributed by atoms with Gasteiger partial charge in [0.2, 0.25) is 5.13 Å². The van der Waals surface area contributed by atoms with Crippen molar-refractivity contribution in [1.29, 1.82) is 0 Å². The van der Waals surface area contributed by atoms with Gasteiger partial charge in [-0.3, -0.25) is 0 Å². The quantitative estimate of drug-likeness (QED) is 0.455. The number of halogens is 1. The molecule has 0 bridgehead atoms. The van der Waals surface area contributed by atoms with Gasteiger partial charge < -0.3 is 10.9 Å². The van der Waals surface area contributed by atoms with E-state index in [1.165, 1.54) is 0 Å². The number of nitrogen functional groups attached to an aromatic ring is 1. The molecule has 0 saturated heterocycles. The molecule has 0 aromatic carbocycles. The summed E-state index contributed by atoms with van der Waals surface area (Å²) in [5.74, 6) is 0. The number of hydrogen-bond donors (Lipinski definition) is 2. The first-order valence-electron chi connectivity index (χ1n) is 2.52. The molecule has 0 radical (unpaired) electrons. The molecule has 11 heavy (non-hydrogen) atoms. The van der Waals surface area contributed by atoms with E-state index in [1.54, 1.807) is 6.92 Å². The van der Waals surface area contributed by atoms with Crippen LogP contribution in [0.2, 0.25) is 0 Å². The van der Waals surface area contributed by atoms with Gasteiger partial charge in [0.25, 0.3) is 0 Å². The Labute approximate surface area is 73.0 Å². The molecule has 0 spiro atoms. The summed E-state index contributed by atoms with van der Waals surface area (Å²) < 4.78 is 0.396. The first kappa shape index (κ1) is 10.1. The highest BCUT2D eigenvalue weighted by molar-refractivity contribution is 7.12. The Bertz CT molecular complexity index is 298. The Hall–Kier alpha value is -0.880. The molecule has 62 valence electrons. The summed E-state index contributed by atoms with van der Waals surface area (Å²) in [6.45, 7) is 1.69. The second-order valence-corrected chi connectivity index (χ2v) is 2.64. The lowest BCUT2D eigenvalue weighted by atomic mass is 10.6. The Morgan fingerprint density at radius 3 is 2.64 bits per heavy atom. The zero-order valence-electron chi connectivity index (χ0n) is 5.68. The van der Waals surface area contributed by atoms with E-state index in [0.717, 1.165) is 11.3 Å². The van der Waals surface area contributed by atoms with Gasteiger partial charge in [-0.25, -0.2) is 0 Å². The number of aromatic nitrogens is 2. The van der Waals surface area contributed by atoms with Crippen molar-refractivity contribution < 1.29 is 5.21 Å². The smallest absolute Gasteiger partial charge is 0.203 e. The number of hydrogen-bond acceptors (Lipinski definition) is 6. The molecular formula is C4H7ClN4OS. The van der Waals surface area contributed by atoms with Crippen LogP contribution in [-0.2, 0) is 0 Å². The molecule has 0 atom stereocenters. The molecule has 1 rings (SSSR count). The number of anilines is 1. The average molecular weight is 195 g/mol. The maximum Gasteiger partial charge on any atom is 0.203 e. The van der Waals surface area contributed by atoms with Gasteiger partial charge in [0, 0.05) is 0 Å². The minimum absolute atomic E-state index is 0.